The van der Waals surface area contributed by atoms with Gasteiger partial charge < -0.3 is 4.74 Å². The number of hydrogen-bond donors (Lipinski definition) is 1. The van der Waals surface area contributed by atoms with E-state index in [1.165, 1.54) is 4.88 Å². The third-order valence-corrected chi connectivity index (χ3v) is 5.14. The molecule has 3 aromatic rings. The largest absolute Gasteiger partial charge is 0.494 e. The number of carbonyl (C=O) groups is 1. The standard InChI is InChI=1S/C22H24N2O2S/c1-4-7-19-20(16-10-12-18(13-11-16)26-5-2)23-22(27-19)24-21(25)17-9-6-8-15(3)14-17/h6,8-14H,4-5,7H2,1-3H3,(H,23,24,25). The van der Waals surface area contributed by atoms with E-state index in [0.717, 1.165) is 35.4 Å². The maximum Gasteiger partial charge on any atom is 0.257 e. The second-order valence-corrected chi connectivity index (χ2v) is 7.41. The molecular formula is C22H24N2O2S. The molecule has 0 unspecified atom stereocenters. The Bertz CT molecular complexity index is 916. The lowest BCUT2D eigenvalue weighted by atomic mass is 10.1. The summed E-state index contributed by atoms with van der Waals surface area (Å²) in [6.45, 7) is 6.74. The van der Waals surface area contributed by atoms with Crippen LogP contribution in [0.5, 0.6) is 5.75 Å². The number of hydrogen-bond acceptors (Lipinski definition) is 4. The van der Waals surface area contributed by atoms with Gasteiger partial charge in [0.25, 0.3) is 5.91 Å². The van der Waals surface area contributed by atoms with Crippen LogP contribution in [0.15, 0.2) is 48.5 Å². The van der Waals surface area contributed by atoms with E-state index in [-0.39, 0.29) is 5.91 Å². The van der Waals surface area contributed by atoms with Gasteiger partial charge in [-0.2, -0.15) is 0 Å². The lowest BCUT2D eigenvalue weighted by molar-refractivity contribution is 0.102. The average molecular weight is 381 g/mol. The molecule has 1 amide bonds. The smallest absolute Gasteiger partial charge is 0.257 e. The van der Waals surface area contributed by atoms with Crippen molar-refractivity contribution in [2.24, 2.45) is 0 Å². The number of aryl methyl sites for hydroxylation is 2. The minimum atomic E-state index is -0.131. The van der Waals surface area contributed by atoms with Gasteiger partial charge in [-0.25, -0.2) is 4.98 Å². The van der Waals surface area contributed by atoms with Gasteiger partial charge in [-0.1, -0.05) is 31.0 Å². The van der Waals surface area contributed by atoms with Crippen molar-refractivity contribution in [1.82, 2.24) is 4.98 Å². The number of rotatable bonds is 7. The first-order valence-electron chi connectivity index (χ1n) is 9.21. The van der Waals surface area contributed by atoms with Crippen LogP contribution in [0.4, 0.5) is 5.13 Å². The molecule has 0 aliphatic rings. The maximum atomic E-state index is 12.5. The second kappa shape index (κ2) is 8.82. The van der Waals surface area contributed by atoms with E-state index < -0.39 is 0 Å². The molecule has 1 heterocycles. The molecule has 4 nitrogen and oxygen atoms in total. The Labute approximate surface area is 164 Å². The molecular weight excluding hydrogens is 356 g/mol. The molecule has 3 rings (SSSR count). The number of benzene rings is 2. The van der Waals surface area contributed by atoms with Crippen LogP contribution < -0.4 is 10.1 Å². The minimum absolute atomic E-state index is 0.131. The van der Waals surface area contributed by atoms with E-state index in [9.17, 15) is 4.79 Å². The molecule has 0 saturated carbocycles. The fourth-order valence-electron chi connectivity index (χ4n) is 2.86. The van der Waals surface area contributed by atoms with Crippen molar-refractivity contribution in [2.45, 2.75) is 33.6 Å². The Morgan fingerprint density at radius 2 is 1.93 bits per heavy atom. The summed E-state index contributed by atoms with van der Waals surface area (Å²) in [5.41, 5.74) is 3.67. The highest BCUT2D eigenvalue weighted by molar-refractivity contribution is 7.16. The van der Waals surface area contributed by atoms with Gasteiger partial charge in [-0.3, -0.25) is 10.1 Å². The van der Waals surface area contributed by atoms with Gasteiger partial charge in [-0.05, 0) is 56.7 Å². The third kappa shape index (κ3) is 4.74. The van der Waals surface area contributed by atoms with E-state index in [1.54, 1.807) is 11.3 Å². The molecule has 0 spiro atoms. The Kier molecular flexibility index (Phi) is 6.24. The van der Waals surface area contributed by atoms with Gasteiger partial charge in [0.2, 0.25) is 0 Å². The predicted octanol–water partition coefficient (Wildman–Crippen LogP) is 5.72. The Morgan fingerprint density at radius 1 is 1.15 bits per heavy atom. The highest BCUT2D eigenvalue weighted by Gasteiger charge is 2.15. The van der Waals surface area contributed by atoms with E-state index in [0.29, 0.717) is 17.3 Å². The Hall–Kier alpha value is -2.66. The highest BCUT2D eigenvalue weighted by Crippen LogP contribution is 2.33. The average Bonchev–Trinajstić information content (AvgIpc) is 3.05. The lowest BCUT2D eigenvalue weighted by Gasteiger charge is -2.05. The first kappa shape index (κ1) is 19.1. The number of carbonyl (C=O) groups excluding carboxylic acids is 1. The third-order valence-electron chi connectivity index (χ3n) is 4.11. The summed E-state index contributed by atoms with van der Waals surface area (Å²) >= 11 is 1.55. The van der Waals surface area contributed by atoms with Gasteiger partial charge in [0.1, 0.15) is 5.75 Å². The molecule has 1 N–H and O–H groups in total. The van der Waals surface area contributed by atoms with Crippen LogP contribution in [0.2, 0.25) is 0 Å². The molecule has 0 fully saturated rings. The maximum absolute atomic E-state index is 12.5. The van der Waals surface area contributed by atoms with Crippen molar-refractivity contribution in [3.8, 4) is 17.0 Å². The number of aromatic nitrogens is 1. The van der Waals surface area contributed by atoms with Crippen molar-refractivity contribution in [3.05, 3.63) is 64.5 Å². The fraction of sp³-hybridized carbons (Fsp3) is 0.273. The van der Waals surface area contributed by atoms with Gasteiger partial charge in [-0.15, -0.1) is 11.3 Å². The molecule has 0 aliphatic carbocycles. The van der Waals surface area contributed by atoms with Crippen LogP contribution in [-0.4, -0.2) is 17.5 Å². The molecule has 0 saturated heterocycles. The summed E-state index contributed by atoms with van der Waals surface area (Å²) in [6, 6.07) is 15.5. The van der Waals surface area contributed by atoms with Crippen LogP contribution in [0, 0.1) is 6.92 Å². The topological polar surface area (TPSA) is 51.2 Å². The van der Waals surface area contributed by atoms with E-state index >= 15 is 0 Å². The molecule has 2 aromatic carbocycles. The summed E-state index contributed by atoms with van der Waals surface area (Å²) in [7, 11) is 0. The molecule has 1 aromatic heterocycles. The zero-order valence-corrected chi connectivity index (χ0v) is 16.7. The summed E-state index contributed by atoms with van der Waals surface area (Å²) < 4.78 is 5.52. The SMILES string of the molecule is CCCc1sc(NC(=O)c2cccc(C)c2)nc1-c1ccc(OCC)cc1. The number of nitrogens with one attached hydrogen (secondary N) is 1. The zero-order valence-electron chi connectivity index (χ0n) is 15.9. The monoisotopic (exact) mass is 380 g/mol. The number of ether oxygens (including phenoxy) is 1. The van der Waals surface area contributed by atoms with Gasteiger partial charge in [0.05, 0.1) is 12.3 Å². The molecule has 0 atom stereocenters. The van der Waals surface area contributed by atoms with Gasteiger partial charge >= 0.3 is 0 Å². The fourth-order valence-corrected chi connectivity index (χ4v) is 3.94. The van der Waals surface area contributed by atoms with Crippen LogP contribution in [0.25, 0.3) is 11.3 Å². The highest BCUT2D eigenvalue weighted by atomic mass is 32.1. The minimum Gasteiger partial charge on any atom is -0.494 e. The van der Waals surface area contributed by atoms with Crippen molar-refractivity contribution >= 4 is 22.4 Å². The predicted molar refractivity (Wildman–Crippen MR) is 112 cm³/mol. The first-order chi connectivity index (χ1) is 13.1. The molecule has 140 valence electrons. The normalized spacial score (nSPS) is 10.6. The van der Waals surface area contributed by atoms with Crippen LogP contribution in [0.1, 0.15) is 41.1 Å². The van der Waals surface area contributed by atoms with E-state index in [1.807, 2.05) is 62.4 Å². The van der Waals surface area contributed by atoms with Gasteiger partial charge in [0, 0.05) is 16.0 Å². The summed E-state index contributed by atoms with van der Waals surface area (Å²) in [5, 5.41) is 3.58. The van der Waals surface area contributed by atoms with E-state index in [2.05, 4.69) is 12.2 Å². The lowest BCUT2D eigenvalue weighted by Crippen LogP contribution is -2.11. The summed E-state index contributed by atoms with van der Waals surface area (Å²) in [5.74, 6) is 0.718. The van der Waals surface area contributed by atoms with Gasteiger partial charge in [0.15, 0.2) is 5.13 Å². The summed E-state index contributed by atoms with van der Waals surface area (Å²) in [4.78, 5) is 18.4. The Morgan fingerprint density at radius 3 is 2.59 bits per heavy atom. The number of anilines is 1. The van der Waals surface area contributed by atoms with Crippen molar-refractivity contribution < 1.29 is 9.53 Å². The molecule has 0 bridgehead atoms. The molecule has 5 heteroatoms. The molecule has 27 heavy (non-hydrogen) atoms. The second-order valence-electron chi connectivity index (χ2n) is 6.32. The van der Waals surface area contributed by atoms with Crippen LogP contribution in [0.3, 0.4) is 0 Å². The first-order valence-corrected chi connectivity index (χ1v) is 10.0. The van der Waals surface area contributed by atoms with Crippen LogP contribution >= 0.6 is 11.3 Å². The molecule has 0 aliphatic heterocycles. The van der Waals surface area contributed by atoms with E-state index in [4.69, 9.17) is 9.72 Å². The number of thiazole rings is 1. The van der Waals surface area contributed by atoms with Crippen molar-refractivity contribution in [2.75, 3.05) is 11.9 Å². The van der Waals surface area contributed by atoms with Crippen LogP contribution in [-0.2, 0) is 6.42 Å². The zero-order chi connectivity index (χ0) is 19.2. The van der Waals surface area contributed by atoms with Crippen molar-refractivity contribution in [3.63, 3.8) is 0 Å². The summed E-state index contributed by atoms with van der Waals surface area (Å²) in [6.07, 6.45) is 1.96. The number of nitrogens with zero attached hydrogens (tertiary/aromatic N) is 1. The van der Waals surface area contributed by atoms with Crippen molar-refractivity contribution in [1.29, 1.82) is 0 Å². The quantitative estimate of drug-likeness (QED) is 0.570. The molecule has 0 radical (unpaired) electrons. The Balaban J connectivity index is 1.85. The number of amides is 1.